The van der Waals surface area contributed by atoms with Crippen molar-refractivity contribution in [2.75, 3.05) is 13.1 Å². The zero-order valence-corrected chi connectivity index (χ0v) is 17.2. The van der Waals surface area contributed by atoms with Crippen molar-refractivity contribution >= 4 is 5.65 Å². The molecule has 0 bridgehead atoms. The van der Waals surface area contributed by atoms with E-state index in [0.29, 0.717) is 12.6 Å². The smallest absolute Gasteiger partial charge is 0.140 e. The van der Waals surface area contributed by atoms with Crippen LogP contribution in [0.15, 0.2) is 48.8 Å². The number of imidazole rings is 1. The number of benzene rings is 1. The molecule has 0 spiro atoms. The van der Waals surface area contributed by atoms with Crippen LogP contribution in [0.4, 0.5) is 0 Å². The lowest BCUT2D eigenvalue weighted by atomic mass is 10.0. The number of fused-ring (bicyclic) bond motifs is 1. The Morgan fingerprint density at radius 1 is 1.07 bits per heavy atom. The molecule has 2 aromatic heterocycles. The van der Waals surface area contributed by atoms with Crippen molar-refractivity contribution in [1.29, 1.82) is 0 Å². The van der Waals surface area contributed by atoms with Crippen LogP contribution < -0.4 is 10.1 Å². The van der Waals surface area contributed by atoms with Crippen molar-refractivity contribution in [2.45, 2.75) is 57.8 Å². The molecule has 5 rings (SSSR count). The van der Waals surface area contributed by atoms with E-state index < -0.39 is 0 Å². The number of aryl methyl sites for hydroxylation is 1. The Morgan fingerprint density at radius 3 is 2.59 bits per heavy atom. The molecule has 2 fully saturated rings. The molecule has 0 unspecified atom stereocenters. The van der Waals surface area contributed by atoms with Crippen molar-refractivity contribution in [1.82, 2.24) is 19.6 Å². The van der Waals surface area contributed by atoms with Crippen LogP contribution in [0.25, 0.3) is 5.65 Å². The number of hydrogen-bond donors (Lipinski definition) is 1. The van der Waals surface area contributed by atoms with Gasteiger partial charge in [-0.25, -0.2) is 4.98 Å². The van der Waals surface area contributed by atoms with E-state index in [0.717, 1.165) is 29.7 Å². The molecule has 2 aliphatic rings. The summed E-state index contributed by atoms with van der Waals surface area (Å²) in [5.41, 5.74) is 4.43. The average molecular weight is 391 g/mol. The van der Waals surface area contributed by atoms with Crippen molar-refractivity contribution in [3.8, 4) is 5.75 Å². The number of rotatable bonds is 7. The molecule has 1 N–H and O–H groups in total. The summed E-state index contributed by atoms with van der Waals surface area (Å²) in [6.45, 7) is 6.02. The third-order valence-corrected chi connectivity index (χ3v) is 6.23. The minimum atomic E-state index is 0.484. The first-order valence-corrected chi connectivity index (χ1v) is 10.9. The molecule has 29 heavy (non-hydrogen) atoms. The van der Waals surface area contributed by atoms with Gasteiger partial charge in [-0.05, 0) is 75.0 Å². The van der Waals surface area contributed by atoms with Crippen LogP contribution in [-0.2, 0) is 13.2 Å². The monoisotopic (exact) mass is 390 g/mol. The van der Waals surface area contributed by atoms with Crippen LogP contribution in [0.3, 0.4) is 0 Å². The second-order valence-electron chi connectivity index (χ2n) is 8.51. The van der Waals surface area contributed by atoms with Gasteiger partial charge in [-0.1, -0.05) is 18.2 Å². The quantitative estimate of drug-likeness (QED) is 0.664. The molecule has 5 heteroatoms. The van der Waals surface area contributed by atoms with Gasteiger partial charge >= 0.3 is 0 Å². The van der Waals surface area contributed by atoms with Gasteiger partial charge in [0.25, 0.3) is 0 Å². The number of nitrogens with one attached hydrogen (secondary N) is 1. The number of piperidine rings is 1. The lowest BCUT2D eigenvalue weighted by Gasteiger charge is -2.32. The topological polar surface area (TPSA) is 41.8 Å². The first-order chi connectivity index (χ1) is 14.2. The molecule has 1 saturated carbocycles. The first-order valence-electron chi connectivity index (χ1n) is 10.9. The summed E-state index contributed by atoms with van der Waals surface area (Å²) in [5.74, 6) is 0.889. The number of nitrogens with zero attached hydrogens (tertiary/aromatic N) is 3. The van der Waals surface area contributed by atoms with Gasteiger partial charge in [0, 0.05) is 31.0 Å². The minimum absolute atomic E-state index is 0.484. The molecule has 0 amide bonds. The van der Waals surface area contributed by atoms with Crippen molar-refractivity contribution in [3.63, 3.8) is 0 Å². The van der Waals surface area contributed by atoms with Crippen LogP contribution in [-0.4, -0.2) is 39.5 Å². The normalized spacial score (nSPS) is 18.4. The fraction of sp³-hybridized carbons (Fsp3) is 0.458. The van der Waals surface area contributed by atoms with Crippen LogP contribution in [0.5, 0.6) is 5.75 Å². The van der Waals surface area contributed by atoms with Crippen LogP contribution >= 0.6 is 0 Å². The van der Waals surface area contributed by atoms with Gasteiger partial charge in [-0.2, -0.15) is 0 Å². The highest BCUT2D eigenvalue weighted by atomic mass is 16.5. The highest BCUT2D eigenvalue weighted by Crippen LogP contribution is 2.29. The summed E-state index contributed by atoms with van der Waals surface area (Å²) in [6.07, 6.45) is 9.45. The Hall–Kier alpha value is -2.37. The van der Waals surface area contributed by atoms with Gasteiger partial charge in [-0.3, -0.25) is 0 Å². The van der Waals surface area contributed by atoms with E-state index in [2.05, 4.69) is 56.9 Å². The fourth-order valence-corrected chi connectivity index (χ4v) is 4.31. The molecule has 3 heterocycles. The maximum absolute atomic E-state index is 5.95. The maximum Gasteiger partial charge on any atom is 0.140 e. The minimum Gasteiger partial charge on any atom is -0.487 e. The maximum atomic E-state index is 5.95. The predicted octanol–water partition coefficient (Wildman–Crippen LogP) is 3.94. The summed E-state index contributed by atoms with van der Waals surface area (Å²) < 4.78 is 8.00. The van der Waals surface area contributed by atoms with E-state index in [4.69, 9.17) is 4.74 Å². The van der Waals surface area contributed by atoms with Crippen molar-refractivity contribution < 1.29 is 4.74 Å². The van der Waals surface area contributed by atoms with E-state index in [9.17, 15) is 0 Å². The molecule has 3 aromatic rings. The number of pyridine rings is 1. The number of likely N-dealkylation sites (tertiary alicyclic amines) is 1. The van der Waals surface area contributed by atoms with Gasteiger partial charge in [-0.15, -0.1) is 0 Å². The Balaban J connectivity index is 1.10. The summed E-state index contributed by atoms with van der Waals surface area (Å²) in [6, 6.07) is 14.1. The lowest BCUT2D eigenvalue weighted by Crippen LogP contribution is -2.43. The average Bonchev–Trinajstić information content (AvgIpc) is 3.51. The molecule has 1 saturated heterocycles. The summed E-state index contributed by atoms with van der Waals surface area (Å²) in [5, 5.41) is 3.74. The van der Waals surface area contributed by atoms with E-state index in [1.807, 2.05) is 18.5 Å². The Kier molecular flexibility index (Phi) is 5.25. The van der Waals surface area contributed by atoms with E-state index in [1.165, 1.54) is 49.9 Å². The number of ether oxygens (including phenoxy) is 1. The van der Waals surface area contributed by atoms with Crippen LogP contribution in [0.1, 0.15) is 42.5 Å². The molecule has 5 nitrogen and oxygen atoms in total. The molecule has 1 aliphatic heterocycles. The van der Waals surface area contributed by atoms with Gasteiger partial charge in [0.1, 0.15) is 18.0 Å². The molecular formula is C24H30N4O. The number of hydrogen-bond acceptors (Lipinski definition) is 4. The molecule has 152 valence electrons. The molecule has 1 aliphatic carbocycles. The van der Waals surface area contributed by atoms with Gasteiger partial charge < -0.3 is 19.4 Å². The predicted molar refractivity (Wildman–Crippen MR) is 115 cm³/mol. The Bertz CT molecular complexity index is 953. The van der Waals surface area contributed by atoms with Crippen molar-refractivity contribution in [2.24, 2.45) is 0 Å². The van der Waals surface area contributed by atoms with Crippen LogP contribution in [0.2, 0.25) is 0 Å². The zero-order chi connectivity index (χ0) is 19.6. The second-order valence-corrected chi connectivity index (χ2v) is 8.51. The second kappa shape index (κ2) is 8.17. The number of aromatic nitrogens is 2. The molecule has 0 atom stereocenters. The third kappa shape index (κ3) is 4.46. The standard InChI is InChI=1S/C24H30N4O/c1-18-3-2-12-28-16-21(26-24(18)28)17-29-23-8-4-19(5-9-23)15-25-20-10-13-27(14-11-20)22-6-7-22/h2-5,8-9,12,16,20,22,25H,6-7,10-11,13-15,17H2,1H3. The van der Waals surface area contributed by atoms with Crippen molar-refractivity contribution in [3.05, 3.63) is 65.6 Å². The zero-order valence-electron chi connectivity index (χ0n) is 17.2. The molecule has 0 radical (unpaired) electrons. The van der Waals surface area contributed by atoms with Gasteiger partial charge in [0.05, 0.1) is 5.69 Å². The SMILES string of the molecule is Cc1cccn2cc(COc3ccc(CNC4CCN(C5CC5)CC4)cc3)nc12. The Labute approximate surface area is 172 Å². The van der Waals surface area contributed by atoms with Gasteiger partial charge in [0.15, 0.2) is 0 Å². The largest absolute Gasteiger partial charge is 0.487 e. The van der Waals surface area contributed by atoms with Gasteiger partial charge in [0.2, 0.25) is 0 Å². The summed E-state index contributed by atoms with van der Waals surface area (Å²) in [4.78, 5) is 7.35. The van der Waals surface area contributed by atoms with E-state index in [1.54, 1.807) is 0 Å². The summed E-state index contributed by atoms with van der Waals surface area (Å²) in [7, 11) is 0. The summed E-state index contributed by atoms with van der Waals surface area (Å²) >= 11 is 0. The fourth-order valence-electron chi connectivity index (χ4n) is 4.31. The van der Waals surface area contributed by atoms with E-state index in [-0.39, 0.29) is 0 Å². The Morgan fingerprint density at radius 2 is 1.86 bits per heavy atom. The van der Waals surface area contributed by atoms with E-state index >= 15 is 0 Å². The highest BCUT2D eigenvalue weighted by Gasteiger charge is 2.31. The molecular weight excluding hydrogens is 360 g/mol. The molecule has 1 aromatic carbocycles. The lowest BCUT2D eigenvalue weighted by molar-refractivity contribution is 0.189. The highest BCUT2D eigenvalue weighted by molar-refractivity contribution is 5.47. The first kappa shape index (κ1) is 18.6. The van der Waals surface area contributed by atoms with Crippen LogP contribution in [0, 0.1) is 6.92 Å². The third-order valence-electron chi connectivity index (χ3n) is 6.23.